The first-order chi connectivity index (χ1) is 16.0. The molecule has 3 aromatic carbocycles. The Bertz CT molecular complexity index is 1270. The largest absolute Gasteiger partial charge is 0.456 e. The van der Waals surface area contributed by atoms with Gasteiger partial charge in [0.2, 0.25) is 0 Å². The van der Waals surface area contributed by atoms with Gasteiger partial charge in [0.05, 0.1) is 11.6 Å². The smallest absolute Gasteiger partial charge is 0.306 e. The highest BCUT2D eigenvalue weighted by Crippen LogP contribution is 2.30. The molecule has 3 amide bonds. The first-order valence-corrected chi connectivity index (χ1v) is 10.3. The van der Waals surface area contributed by atoms with Gasteiger partial charge in [0.25, 0.3) is 17.7 Å². The number of hydrogen-bond acceptors (Lipinski definition) is 6. The van der Waals surface area contributed by atoms with Crippen LogP contribution in [0, 0.1) is 11.3 Å². The van der Waals surface area contributed by atoms with Crippen LogP contribution in [0.2, 0.25) is 0 Å². The molecule has 0 aliphatic carbocycles. The minimum Gasteiger partial charge on any atom is -0.456 e. The maximum Gasteiger partial charge on any atom is 0.306 e. The van der Waals surface area contributed by atoms with Crippen LogP contribution in [0.25, 0.3) is 10.8 Å². The van der Waals surface area contributed by atoms with Crippen molar-refractivity contribution in [3.63, 3.8) is 0 Å². The molecule has 3 aromatic rings. The molecule has 0 spiro atoms. The van der Waals surface area contributed by atoms with Gasteiger partial charge >= 0.3 is 5.97 Å². The van der Waals surface area contributed by atoms with Crippen molar-refractivity contribution in [2.24, 2.45) is 0 Å². The summed E-state index contributed by atoms with van der Waals surface area (Å²) >= 11 is 0. The molecule has 0 unspecified atom stereocenters. The highest BCUT2D eigenvalue weighted by molar-refractivity contribution is 6.25. The number of rotatable bonds is 7. The third-order valence-electron chi connectivity index (χ3n) is 5.26. The number of carbonyl (C=O) groups is 4. The van der Waals surface area contributed by atoms with E-state index in [4.69, 9.17) is 10.00 Å². The molecular formula is C25H19N3O5. The number of imide groups is 1. The molecule has 0 atom stereocenters. The maximum absolute atomic E-state index is 12.8. The fraction of sp³-hybridized carbons (Fsp3) is 0.160. The van der Waals surface area contributed by atoms with E-state index >= 15 is 0 Å². The summed E-state index contributed by atoms with van der Waals surface area (Å²) in [5.41, 5.74) is 1.74. The first-order valence-electron chi connectivity index (χ1n) is 10.3. The quantitative estimate of drug-likeness (QED) is 0.444. The van der Waals surface area contributed by atoms with Crippen molar-refractivity contribution < 1.29 is 23.9 Å². The molecule has 0 saturated carbocycles. The van der Waals surface area contributed by atoms with Gasteiger partial charge in [0.1, 0.15) is 0 Å². The van der Waals surface area contributed by atoms with Gasteiger partial charge in [-0.15, -0.1) is 0 Å². The number of nitrogens with zero attached hydrogens (tertiary/aromatic N) is 2. The lowest BCUT2D eigenvalue weighted by Crippen LogP contribution is -2.41. The zero-order valence-corrected chi connectivity index (χ0v) is 17.5. The molecule has 1 aliphatic rings. The van der Waals surface area contributed by atoms with Gasteiger partial charge in [-0.05, 0) is 42.1 Å². The first kappa shape index (κ1) is 21.7. The molecule has 0 saturated heterocycles. The van der Waals surface area contributed by atoms with E-state index in [-0.39, 0.29) is 19.4 Å². The summed E-state index contributed by atoms with van der Waals surface area (Å²) in [7, 11) is 0. The lowest BCUT2D eigenvalue weighted by Gasteiger charge is -2.27. The maximum atomic E-state index is 12.8. The summed E-state index contributed by atoms with van der Waals surface area (Å²) in [6.45, 7) is -0.419. The number of ether oxygens (including phenoxy) is 1. The molecule has 1 N–H and O–H groups in total. The van der Waals surface area contributed by atoms with E-state index in [1.807, 2.05) is 18.2 Å². The van der Waals surface area contributed by atoms with Crippen molar-refractivity contribution in [1.29, 1.82) is 5.26 Å². The van der Waals surface area contributed by atoms with E-state index < -0.39 is 30.3 Å². The average Bonchev–Trinajstić information content (AvgIpc) is 2.83. The van der Waals surface area contributed by atoms with Gasteiger partial charge in [0.15, 0.2) is 6.61 Å². The van der Waals surface area contributed by atoms with E-state index in [2.05, 4.69) is 5.32 Å². The van der Waals surface area contributed by atoms with Crippen LogP contribution in [0.3, 0.4) is 0 Å². The number of nitriles is 1. The Morgan fingerprint density at radius 2 is 1.64 bits per heavy atom. The van der Waals surface area contributed by atoms with Gasteiger partial charge in [-0.3, -0.25) is 24.1 Å². The number of benzene rings is 3. The van der Waals surface area contributed by atoms with Gasteiger partial charge < -0.3 is 10.1 Å². The number of hydrogen-bond donors (Lipinski definition) is 1. The molecule has 0 aromatic heterocycles. The van der Waals surface area contributed by atoms with Crippen molar-refractivity contribution in [2.75, 3.05) is 18.5 Å². The minimum absolute atomic E-state index is 0.0555. The van der Waals surface area contributed by atoms with Crippen molar-refractivity contribution in [3.8, 4) is 6.07 Å². The number of amides is 3. The molecule has 0 bridgehead atoms. The summed E-state index contributed by atoms with van der Waals surface area (Å²) in [5.74, 6) is -1.94. The Morgan fingerprint density at radius 3 is 2.30 bits per heavy atom. The van der Waals surface area contributed by atoms with E-state index in [1.54, 1.807) is 42.5 Å². The summed E-state index contributed by atoms with van der Waals surface area (Å²) < 4.78 is 4.97. The van der Waals surface area contributed by atoms with Crippen LogP contribution in [-0.2, 0) is 14.3 Å². The molecule has 4 rings (SSSR count). The highest BCUT2D eigenvalue weighted by atomic mass is 16.5. The number of nitrogens with one attached hydrogen (secondary N) is 1. The average molecular weight is 441 g/mol. The summed E-state index contributed by atoms with van der Waals surface area (Å²) in [6.07, 6.45) is 0.153. The second-order valence-electron chi connectivity index (χ2n) is 7.48. The highest BCUT2D eigenvalue weighted by Gasteiger charge is 2.32. The van der Waals surface area contributed by atoms with Gasteiger partial charge in [-0.1, -0.05) is 30.3 Å². The minimum atomic E-state index is -0.615. The Labute approximate surface area is 189 Å². The standard InChI is InChI=1S/C25H19N3O5/c26-14-16-5-1-8-18(13-16)27-21(29)15-33-22(30)11-4-12-28-24(31)19-9-2-6-17-7-3-10-20(23(17)19)25(28)32/h1-3,5-10,13H,4,11-12,15H2,(H,27,29). The zero-order valence-electron chi connectivity index (χ0n) is 17.5. The Balaban J connectivity index is 1.28. The van der Waals surface area contributed by atoms with Gasteiger partial charge in [-0.25, -0.2) is 0 Å². The van der Waals surface area contributed by atoms with Crippen LogP contribution >= 0.6 is 0 Å². The lowest BCUT2D eigenvalue weighted by molar-refractivity contribution is -0.147. The third-order valence-corrected chi connectivity index (χ3v) is 5.26. The second-order valence-corrected chi connectivity index (χ2v) is 7.48. The van der Waals surface area contributed by atoms with Crippen LogP contribution in [0.4, 0.5) is 5.69 Å². The van der Waals surface area contributed by atoms with Crippen molar-refractivity contribution in [1.82, 2.24) is 4.90 Å². The molecule has 164 valence electrons. The van der Waals surface area contributed by atoms with E-state index in [1.165, 1.54) is 6.07 Å². The predicted molar refractivity (Wildman–Crippen MR) is 119 cm³/mol. The van der Waals surface area contributed by atoms with Crippen LogP contribution in [0.1, 0.15) is 39.1 Å². The van der Waals surface area contributed by atoms with Crippen LogP contribution < -0.4 is 5.32 Å². The third kappa shape index (κ3) is 4.57. The zero-order chi connectivity index (χ0) is 23.4. The van der Waals surface area contributed by atoms with Crippen molar-refractivity contribution >= 4 is 40.2 Å². The predicted octanol–water partition coefficient (Wildman–Crippen LogP) is 3.27. The fourth-order valence-electron chi connectivity index (χ4n) is 3.75. The van der Waals surface area contributed by atoms with Crippen LogP contribution in [-0.4, -0.2) is 41.7 Å². The lowest BCUT2D eigenvalue weighted by atomic mass is 9.94. The number of esters is 1. The summed E-state index contributed by atoms with van der Waals surface area (Å²) in [6, 6.07) is 18.9. The van der Waals surface area contributed by atoms with E-state index in [0.29, 0.717) is 27.8 Å². The normalized spacial score (nSPS) is 12.4. The van der Waals surface area contributed by atoms with Crippen molar-refractivity contribution in [3.05, 3.63) is 77.4 Å². The molecule has 1 heterocycles. The molecule has 33 heavy (non-hydrogen) atoms. The molecule has 8 nitrogen and oxygen atoms in total. The second kappa shape index (κ2) is 9.32. The molecule has 0 radical (unpaired) electrons. The summed E-state index contributed by atoms with van der Waals surface area (Å²) in [5, 5.41) is 12.9. The summed E-state index contributed by atoms with van der Waals surface area (Å²) in [4.78, 5) is 50.8. The monoisotopic (exact) mass is 441 g/mol. The Kier molecular flexibility index (Phi) is 6.13. The van der Waals surface area contributed by atoms with Gasteiger partial charge in [-0.2, -0.15) is 5.26 Å². The van der Waals surface area contributed by atoms with Gasteiger partial charge in [0, 0.05) is 35.2 Å². The van der Waals surface area contributed by atoms with E-state index in [0.717, 1.165) is 10.3 Å². The van der Waals surface area contributed by atoms with E-state index in [9.17, 15) is 19.2 Å². The van der Waals surface area contributed by atoms with Crippen LogP contribution in [0.5, 0.6) is 0 Å². The Hall–Kier alpha value is -4.51. The Morgan fingerprint density at radius 1 is 0.970 bits per heavy atom. The number of anilines is 1. The topological polar surface area (TPSA) is 117 Å². The SMILES string of the molecule is N#Cc1cccc(NC(=O)COC(=O)CCCN2C(=O)c3cccc4cccc(c34)C2=O)c1. The molecular weight excluding hydrogens is 422 g/mol. The molecule has 8 heteroatoms. The number of carbonyl (C=O) groups excluding carboxylic acids is 4. The van der Waals surface area contributed by atoms with Crippen molar-refractivity contribution in [2.45, 2.75) is 12.8 Å². The van der Waals surface area contributed by atoms with Crippen LogP contribution in [0.15, 0.2) is 60.7 Å². The fourth-order valence-corrected chi connectivity index (χ4v) is 3.75. The molecule has 1 aliphatic heterocycles. The molecule has 0 fully saturated rings.